The van der Waals surface area contributed by atoms with Gasteiger partial charge in [-0.05, 0) is 102 Å². The number of rotatable bonds is 4. The molecule has 0 amide bonds. The van der Waals surface area contributed by atoms with E-state index >= 15 is 0 Å². The van der Waals surface area contributed by atoms with Gasteiger partial charge in [0.1, 0.15) is 7.05 Å². The Labute approximate surface area is 272 Å². The molecular weight excluding hydrogens is 637 g/mol. The molecule has 0 unspecified atom stereocenters. The Hall–Kier alpha value is -0.250. The third-order valence-corrected chi connectivity index (χ3v) is 15.4. The fraction of sp³-hybridized carbons (Fsp3) is 0.943. The van der Waals surface area contributed by atoms with Gasteiger partial charge in [0.25, 0.3) is 0 Å². The lowest BCUT2D eigenvalue weighted by atomic mass is 9.31. The van der Waals surface area contributed by atoms with Crippen molar-refractivity contribution in [3.8, 4) is 0 Å². The van der Waals surface area contributed by atoms with Crippen molar-refractivity contribution in [2.24, 2.45) is 57.8 Å². The van der Waals surface area contributed by atoms with Crippen molar-refractivity contribution in [3.63, 3.8) is 0 Å². The molecule has 1 saturated heterocycles. The topological polar surface area (TPSA) is 49.4 Å². The van der Waals surface area contributed by atoms with Crippen LogP contribution in [0, 0.1) is 50.7 Å². The maximum absolute atomic E-state index is 6.79. The van der Waals surface area contributed by atoms with Gasteiger partial charge in [0.2, 0.25) is 0 Å². The monoisotopic (exact) mass is 695 g/mol. The summed E-state index contributed by atoms with van der Waals surface area (Å²) < 4.78 is 22.4. The summed E-state index contributed by atoms with van der Waals surface area (Å²) in [4.78, 5) is 0. The lowest BCUT2D eigenvalue weighted by Gasteiger charge is -2.72. The second-order valence-electron chi connectivity index (χ2n) is 17.6. The number of aromatic nitrogens is 3. The second kappa shape index (κ2) is 9.87. The molecule has 9 atom stereocenters. The van der Waals surface area contributed by atoms with Gasteiger partial charge in [0.05, 0.1) is 17.9 Å². The molecule has 1 aromatic heterocycles. The molecule has 1 aromatic rings. The van der Waals surface area contributed by atoms with Gasteiger partial charge in [-0.25, -0.2) is 0 Å². The molecule has 0 spiro atoms. The van der Waals surface area contributed by atoms with E-state index in [0.29, 0.717) is 40.2 Å². The number of hydrogen-bond acceptors (Lipinski definition) is 4. The van der Waals surface area contributed by atoms with E-state index in [1.54, 1.807) is 14.2 Å². The first-order valence-corrected chi connectivity index (χ1v) is 16.8. The molecule has 6 nitrogen and oxygen atoms in total. The molecule has 0 aromatic carbocycles. The molecule has 238 valence electrons. The molecular formula is C35H58IN3O3. The van der Waals surface area contributed by atoms with E-state index in [9.17, 15) is 0 Å². The molecule has 5 aliphatic carbocycles. The third-order valence-electron chi connectivity index (χ3n) is 15.4. The van der Waals surface area contributed by atoms with Crippen molar-refractivity contribution in [3.05, 3.63) is 11.4 Å². The molecule has 0 radical (unpaired) electrons. The zero-order valence-corrected chi connectivity index (χ0v) is 30.3. The zero-order chi connectivity index (χ0) is 29.4. The number of aryl methyl sites for hydroxylation is 1. The van der Waals surface area contributed by atoms with Crippen LogP contribution in [-0.4, -0.2) is 43.1 Å². The van der Waals surface area contributed by atoms with Crippen molar-refractivity contribution in [1.29, 1.82) is 0 Å². The maximum atomic E-state index is 6.79. The summed E-state index contributed by atoms with van der Waals surface area (Å²) in [6, 6.07) is 0. The highest BCUT2D eigenvalue weighted by Crippen LogP contribution is 2.77. The van der Waals surface area contributed by atoms with Crippen LogP contribution in [0.1, 0.15) is 111 Å². The molecule has 2 heterocycles. The Morgan fingerprint density at radius 1 is 0.905 bits per heavy atom. The van der Waals surface area contributed by atoms with Crippen molar-refractivity contribution in [1.82, 2.24) is 9.90 Å². The average molecular weight is 696 g/mol. The van der Waals surface area contributed by atoms with Gasteiger partial charge in [0, 0.05) is 26.1 Å². The van der Waals surface area contributed by atoms with Crippen LogP contribution in [-0.2, 0) is 39.6 Å². The predicted molar refractivity (Wildman–Crippen MR) is 159 cm³/mol. The van der Waals surface area contributed by atoms with E-state index in [2.05, 4.69) is 64.9 Å². The minimum atomic E-state index is -0.286. The van der Waals surface area contributed by atoms with Crippen molar-refractivity contribution in [2.45, 2.75) is 131 Å². The van der Waals surface area contributed by atoms with Crippen molar-refractivity contribution < 1.29 is 42.9 Å². The summed E-state index contributed by atoms with van der Waals surface area (Å²) in [5, 5.41) is 5.05. The van der Waals surface area contributed by atoms with E-state index in [-0.39, 0.29) is 41.1 Å². The van der Waals surface area contributed by atoms with Crippen molar-refractivity contribution in [2.75, 3.05) is 20.8 Å². The fourth-order valence-electron chi connectivity index (χ4n) is 13.3. The normalized spacial score (nSPS) is 46.1. The van der Waals surface area contributed by atoms with E-state index in [4.69, 9.17) is 19.4 Å². The minimum absolute atomic E-state index is 0. The Balaban J connectivity index is 0.00000316. The van der Waals surface area contributed by atoms with Crippen LogP contribution in [0.2, 0.25) is 0 Å². The van der Waals surface area contributed by atoms with Crippen LogP contribution in [0.3, 0.4) is 0 Å². The summed E-state index contributed by atoms with van der Waals surface area (Å²) in [5.41, 5.74) is 4.67. The highest BCUT2D eigenvalue weighted by Gasteiger charge is 2.73. The molecule has 42 heavy (non-hydrogen) atoms. The van der Waals surface area contributed by atoms with E-state index in [1.165, 1.54) is 62.8 Å². The lowest BCUT2D eigenvalue weighted by Crippen LogP contribution is -3.00. The van der Waals surface area contributed by atoms with Crippen LogP contribution in [0.4, 0.5) is 0 Å². The molecule has 4 saturated carbocycles. The molecule has 7 rings (SSSR count). The maximum Gasteiger partial charge on any atom is 0.197 e. The fourth-order valence-corrected chi connectivity index (χ4v) is 13.3. The molecule has 2 bridgehead atoms. The molecule has 5 fully saturated rings. The first-order valence-electron chi connectivity index (χ1n) is 16.8. The second-order valence-corrected chi connectivity index (χ2v) is 17.6. The standard InChI is InChI=1S/C35H58N3O3.HI/c1-30(2)15-17-35-18-16-33(6)22(27(35)29(30)41-21-35)11-12-25-32(5)19-23-28(31(3,4)24(32)13-14-34(25,33)7)38(36-37(23)8)20-26(39-9)40-10;/h22,24-27,29H,11-21H2,1-10H3;1H/q+1;/p-1/t22-,24+,25-,27+,29-,32+,33-,34-,35-;/m1./s1. The molecule has 7 heteroatoms. The highest BCUT2D eigenvalue weighted by molar-refractivity contribution is 5.30. The summed E-state index contributed by atoms with van der Waals surface area (Å²) >= 11 is 0. The zero-order valence-electron chi connectivity index (χ0n) is 28.2. The van der Waals surface area contributed by atoms with Crippen LogP contribution in [0.25, 0.3) is 0 Å². The van der Waals surface area contributed by atoms with Crippen molar-refractivity contribution >= 4 is 0 Å². The first-order chi connectivity index (χ1) is 19.2. The Bertz CT molecular complexity index is 1230. The predicted octanol–water partition coefficient (Wildman–Crippen LogP) is 3.23. The van der Waals surface area contributed by atoms with Crippen LogP contribution in [0.15, 0.2) is 0 Å². The van der Waals surface area contributed by atoms with Crippen LogP contribution >= 0.6 is 0 Å². The number of hydrogen-bond donors (Lipinski definition) is 0. The summed E-state index contributed by atoms with van der Waals surface area (Å²) in [7, 11) is 5.61. The lowest BCUT2D eigenvalue weighted by molar-refractivity contribution is -0.775. The average Bonchev–Trinajstić information content (AvgIpc) is 3.41. The molecule has 1 aliphatic heterocycles. The number of nitrogens with zero attached hydrogens (tertiary/aromatic N) is 3. The summed E-state index contributed by atoms with van der Waals surface area (Å²) in [6.07, 6.45) is 12.3. The van der Waals surface area contributed by atoms with E-state index in [1.807, 2.05) is 0 Å². The van der Waals surface area contributed by atoms with Crippen LogP contribution in [0.5, 0.6) is 0 Å². The number of halogens is 1. The van der Waals surface area contributed by atoms with E-state index < -0.39 is 0 Å². The Morgan fingerprint density at radius 3 is 2.29 bits per heavy atom. The third kappa shape index (κ3) is 3.84. The summed E-state index contributed by atoms with van der Waals surface area (Å²) in [6.45, 7) is 19.9. The Kier molecular flexibility index (Phi) is 7.46. The smallest absolute Gasteiger partial charge is 0.197 e. The van der Waals surface area contributed by atoms with Gasteiger partial charge in [-0.1, -0.05) is 48.5 Å². The van der Waals surface area contributed by atoms with Gasteiger partial charge in [-0.2, -0.15) is 0 Å². The number of methoxy groups -OCH3 is 2. The van der Waals surface area contributed by atoms with E-state index in [0.717, 1.165) is 30.8 Å². The Morgan fingerprint density at radius 2 is 1.60 bits per heavy atom. The van der Waals surface area contributed by atoms with Gasteiger partial charge >= 0.3 is 0 Å². The number of ether oxygens (including phenoxy) is 3. The van der Waals surface area contributed by atoms with Gasteiger partial charge < -0.3 is 38.2 Å². The van der Waals surface area contributed by atoms with Gasteiger partial charge in [-0.15, -0.1) is 9.36 Å². The van der Waals surface area contributed by atoms with Gasteiger partial charge in [0.15, 0.2) is 24.2 Å². The molecule has 0 N–H and O–H groups in total. The number of fused-ring (bicyclic) bond motifs is 6. The summed E-state index contributed by atoms with van der Waals surface area (Å²) in [5.74, 6) is 2.94. The largest absolute Gasteiger partial charge is 1.00 e. The van der Waals surface area contributed by atoms with Gasteiger partial charge in [-0.3, -0.25) is 0 Å². The quantitative estimate of drug-likeness (QED) is 0.276. The highest BCUT2D eigenvalue weighted by atomic mass is 127. The molecule has 6 aliphatic rings. The van der Waals surface area contributed by atoms with Crippen LogP contribution < -0.4 is 28.7 Å². The first kappa shape index (κ1) is 31.7. The SMILES string of the molecule is COC(C[n+]1nn(C)c2c1C(C)(C)[C@@H]1CC[C@]3(C)[C@H](CC[C@@H]4[C@H]5[C@H]6OC[C@@]5(CCC6(C)C)CC[C@]43C)[C@@]1(C)C2)OC.[I-]. The minimum Gasteiger partial charge on any atom is -1.00 e.